The van der Waals surface area contributed by atoms with Gasteiger partial charge in [-0.3, -0.25) is 14.4 Å². The summed E-state index contributed by atoms with van der Waals surface area (Å²) in [7, 11) is 0. The van der Waals surface area contributed by atoms with Crippen LogP contribution in [0.5, 0.6) is 0 Å². The molecule has 6 nitrogen and oxygen atoms in total. The molecule has 0 rings (SSSR count). The molecule has 0 aromatic carbocycles. The molecule has 0 saturated carbocycles. The number of esters is 3. The monoisotopic (exact) mass is 1110 g/mol. The van der Waals surface area contributed by atoms with Gasteiger partial charge in [-0.25, -0.2) is 0 Å². The fourth-order valence-corrected chi connectivity index (χ4v) is 10.6. The van der Waals surface area contributed by atoms with Crippen molar-refractivity contribution in [1.29, 1.82) is 0 Å². The van der Waals surface area contributed by atoms with Gasteiger partial charge in [0.15, 0.2) is 6.10 Å². The van der Waals surface area contributed by atoms with Gasteiger partial charge in [-0.1, -0.05) is 333 Å². The van der Waals surface area contributed by atoms with Gasteiger partial charge >= 0.3 is 17.9 Å². The normalized spacial score (nSPS) is 12.3. The molecule has 0 aromatic rings. The first-order valence-corrected chi connectivity index (χ1v) is 35.1. The summed E-state index contributed by atoms with van der Waals surface area (Å²) in [5, 5.41) is 0. The maximum Gasteiger partial charge on any atom is 0.306 e. The summed E-state index contributed by atoms with van der Waals surface area (Å²) in [6.07, 6.45) is 85.8. The summed E-state index contributed by atoms with van der Waals surface area (Å²) >= 11 is 0. The Morgan fingerprint density at radius 3 is 0.797 bits per heavy atom. The molecule has 0 radical (unpaired) electrons. The number of carbonyl (C=O) groups is 3. The molecule has 79 heavy (non-hydrogen) atoms. The Bertz CT molecular complexity index is 1360. The molecule has 0 aromatic heterocycles. The number of unbranched alkanes of at least 4 members (excludes halogenated alkanes) is 46. The van der Waals surface area contributed by atoms with Crippen LogP contribution in [0.2, 0.25) is 0 Å². The zero-order valence-corrected chi connectivity index (χ0v) is 53.2. The minimum atomic E-state index is -0.785. The second kappa shape index (κ2) is 67.9. The van der Waals surface area contributed by atoms with E-state index in [1.54, 1.807) is 0 Å². The van der Waals surface area contributed by atoms with Crippen molar-refractivity contribution in [2.75, 3.05) is 13.2 Å². The molecule has 1 unspecified atom stereocenters. The molecule has 6 heteroatoms. The lowest BCUT2D eigenvalue weighted by Crippen LogP contribution is -2.30. The Hall–Kier alpha value is -2.63. The molecule has 0 aliphatic carbocycles. The van der Waals surface area contributed by atoms with E-state index in [0.717, 1.165) is 83.5 Å². The van der Waals surface area contributed by atoms with Crippen LogP contribution in [0.1, 0.15) is 380 Å². The highest BCUT2D eigenvalue weighted by Crippen LogP contribution is 2.18. The fraction of sp³-hybridized carbons (Fsp3) is 0.849. The molecule has 0 bridgehead atoms. The molecule has 0 N–H and O–H groups in total. The van der Waals surface area contributed by atoms with Crippen molar-refractivity contribution in [3.63, 3.8) is 0 Å². The maximum atomic E-state index is 12.9. The van der Waals surface area contributed by atoms with E-state index in [2.05, 4.69) is 69.4 Å². The van der Waals surface area contributed by atoms with Crippen LogP contribution in [0.15, 0.2) is 48.6 Å². The molecular weight excluding hydrogens is 973 g/mol. The standard InChI is InChI=1S/C73H134O6/c1-4-7-10-13-16-19-22-25-27-29-31-33-35-36-38-39-41-43-45-48-51-54-57-60-63-66-72(75)78-69-70(68-77-71(74)65-62-59-56-53-50-47-24-21-18-15-12-9-6-3)79-73(76)67-64-61-58-55-52-49-46-44-42-40-37-34-32-30-28-26-23-20-17-14-11-8-5-2/h9,12,18,21,30,32,47,50,70H,4-8,10-11,13-17,19-20,22-29,31,33-46,48-49,51-69H2,1-3H3/b12-9-,21-18-,32-30-,50-47-. The molecule has 1 atom stereocenters. The van der Waals surface area contributed by atoms with Gasteiger partial charge in [0.2, 0.25) is 0 Å². The molecule has 0 aliphatic rings. The molecule has 0 heterocycles. The van der Waals surface area contributed by atoms with Crippen LogP contribution in [-0.2, 0) is 28.6 Å². The smallest absolute Gasteiger partial charge is 0.306 e. The summed E-state index contributed by atoms with van der Waals surface area (Å²) in [5.74, 6) is -0.885. The van der Waals surface area contributed by atoms with Gasteiger partial charge in [-0.2, -0.15) is 0 Å². The van der Waals surface area contributed by atoms with E-state index in [1.807, 2.05) is 0 Å². The first-order chi connectivity index (χ1) is 39.0. The Kier molecular flexibility index (Phi) is 65.6. The summed E-state index contributed by atoms with van der Waals surface area (Å²) in [6, 6.07) is 0. The van der Waals surface area contributed by atoms with Crippen LogP contribution in [0.25, 0.3) is 0 Å². The van der Waals surface area contributed by atoms with E-state index in [1.165, 1.54) is 257 Å². The second-order valence-electron chi connectivity index (χ2n) is 23.8. The maximum absolute atomic E-state index is 12.9. The summed E-state index contributed by atoms with van der Waals surface area (Å²) in [6.45, 7) is 6.57. The van der Waals surface area contributed by atoms with Gasteiger partial charge in [0, 0.05) is 19.3 Å². The minimum absolute atomic E-state index is 0.0787. The summed E-state index contributed by atoms with van der Waals surface area (Å²) in [5.41, 5.74) is 0. The highest BCUT2D eigenvalue weighted by atomic mass is 16.6. The van der Waals surface area contributed by atoms with Crippen molar-refractivity contribution in [1.82, 2.24) is 0 Å². The van der Waals surface area contributed by atoms with Crippen LogP contribution in [-0.4, -0.2) is 37.2 Å². The first kappa shape index (κ1) is 76.4. The van der Waals surface area contributed by atoms with Gasteiger partial charge in [0.1, 0.15) is 13.2 Å². The van der Waals surface area contributed by atoms with Crippen molar-refractivity contribution in [3.8, 4) is 0 Å². The SMILES string of the molecule is CC/C=C\C/C=C\C/C=C\CCCCCC(=O)OCC(COC(=O)CCCCCCCCCCCCCCCCCCCCCCCCCCC)OC(=O)CCCCCCCCCCCCC/C=C\CCCCCCCCCC. The van der Waals surface area contributed by atoms with Crippen molar-refractivity contribution < 1.29 is 28.6 Å². The van der Waals surface area contributed by atoms with Gasteiger partial charge < -0.3 is 14.2 Å². The zero-order chi connectivity index (χ0) is 57.1. The molecule has 0 amide bonds. The minimum Gasteiger partial charge on any atom is -0.462 e. The van der Waals surface area contributed by atoms with Gasteiger partial charge in [0.05, 0.1) is 0 Å². The van der Waals surface area contributed by atoms with Crippen LogP contribution in [0.3, 0.4) is 0 Å². The average molecular weight is 1110 g/mol. The highest BCUT2D eigenvalue weighted by molar-refractivity contribution is 5.71. The Balaban J connectivity index is 4.24. The first-order valence-electron chi connectivity index (χ1n) is 35.1. The predicted octanol–water partition coefficient (Wildman–Crippen LogP) is 24.1. The average Bonchev–Trinajstić information content (AvgIpc) is 3.45. The molecule has 0 fully saturated rings. The summed E-state index contributed by atoms with van der Waals surface area (Å²) < 4.78 is 17.0. The van der Waals surface area contributed by atoms with Crippen molar-refractivity contribution in [3.05, 3.63) is 48.6 Å². The fourth-order valence-electron chi connectivity index (χ4n) is 10.6. The molecule has 0 spiro atoms. The van der Waals surface area contributed by atoms with Crippen LogP contribution < -0.4 is 0 Å². The van der Waals surface area contributed by atoms with Gasteiger partial charge in [-0.05, 0) is 77.0 Å². The van der Waals surface area contributed by atoms with E-state index in [0.29, 0.717) is 19.3 Å². The van der Waals surface area contributed by atoms with Crippen LogP contribution in [0.4, 0.5) is 0 Å². The zero-order valence-electron chi connectivity index (χ0n) is 53.2. The predicted molar refractivity (Wildman–Crippen MR) is 344 cm³/mol. The largest absolute Gasteiger partial charge is 0.462 e. The highest BCUT2D eigenvalue weighted by Gasteiger charge is 2.19. The van der Waals surface area contributed by atoms with Crippen LogP contribution >= 0.6 is 0 Å². The van der Waals surface area contributed by atoms with E-state index in [-0.39, 0.29) is 31.1 Å². The van der Waals surface area contributed by atoms with E-state index < -0.39 is 6.10 Å². The Morgan fingerprint density at radius 2 is 0.494 bits per heavy atom. The molecule has 0 aliphatic heterocycles. The van der Waals surface area contributed by atoms with E-state index >= 15 is 0 Å². The number of ether oxygens (including phenoxy) is 3. The summed E-state index contributed by atoms with van der Waals surface area (Å²) in [4.78, 5) is 38.4. The number of carbonyl (C=O) groups excluding carboxylic acids is 3. The second-order valence-corrected chi connectivity index (χ2v) is 23.8. The Labute approximate surface area is 492 Å². The Morgan fingerprint density at radius 1 is 0.266 bits per heavy atom. The third kappa shape index (κ3) is 66.1. The lowest BCUT2D eigenvalue weighted by atomic mass is 10.0. The van der Waals surface area contributed by atoms with E-state index in [4.69, 9.17) is 14.2 Å². The van der Waals surface area contributed by atoms with Crippen molar-refractivity contribution >= 4 is 17.9 Å². The quantitative estimate of drug-likeness (QED) is 0.0261. The van der Waals surface area contributed by atoms with Gasteiger partial charge in [-0.15, -0.1) is 0 Å². The van der Waals surface area contributed by atoms with E-state index in [9.17, 15) is 14.4 Å². The number of rotatable bonds is 65. The third-order valence-electron chi connectivity index (χ3n) is 15.8. The lowest BCUT2D eigenvalue weighted by molar-refractivity contribution is -0.167. The third-order valence-corrected chi connectivity index (χ3v) is 15.8. The number of allylic oxidation sites excluding steroid dienone is 8. The van der Waals surface area contributed by atoms with Crippen molar-refractivity contribution in [2.24, 2.45) is 0 Å². The molecular formula is C73H134O6. The van der Waals surface area contributed by atoms with Crippen LogP contribution in [0, 0.1) is 0 Å². The lowest BCUT2D eigenvalue weighted by Gasteiger charge is -2.18. The number of hydrogen-bond acceptors (Lipinski definition) is 6. The van der Waals surface area contributed by atoms with Gasteiger partial charge in [0.25, 0.3) is 0 Å². The van der Waals surface area contributed by atoms with Crippen molar-refractivity contribution in [2.45, 2.75) is 386 Å². The topological polar surface area (TPSA) is 78.9 Å². The molecule has 462 valence electrons. The number of hydrogen-bond donors (Lipinski definition) is 0. The molecule has 0 saturated heterocycles.